The van der Waals surface area contributed by atoms with Gasteiger partial charge in [-0.3, -0.25) is 0 Å². The number of rotatable bonds is 4. The van der Waals surface area contributed by atoms with Crippen molar-refractivity contribution in [3.8, 4) is 0 Å². The first kappa shape index (κ1) is 19.2. The molecule has 1 fully saturated rings. The van der Waals surface area contributed by atoms with E-state index in [9.17, 15) is 25.6 Å². The van der Waals surface area contributed by atoms with Gasteiger partial charge in [-0.25, -0.2) is 25.6 Å². The molecular weight excluding hydrogens is 408 g/mol. The van der Waals surface area contributed by atoms with Crippen LogP contribution in [0.4, 0.5) is 8.78 Å². The molecule has 26 heavy (non-hydrogen) atoms. The Morgan fingerprint density at radius 2 is 1.65 bits per heavy atom. The summed E-state index contributed by atoms with van der Waals surface area (Å²) in [5.74, 6) is -1.98. The molecule has 0 aromatic heterocycles. The number of hydrogen-bond acceptors (Lipinski definition) is 4. The van der Waals surface area contributed by atoms with Crippen molar-refractivity contribution in [2.24, 2.45) is 0 Å². The fourth-order valence-corrected chi connectivity index (χ4v) is 6.29. The third-order valence-corrected chi connectivity index (χ3v) is 8.52. The van der Waals surface area contributed by atoms with Gasteiger partial charge in [-0.1, -0.05) is 11.6 Å². The summed E-state index contributed by atoms with van der Waals surface area (Å²) >= 11 is 5.75. The van der Waals surface area contributed by atoms with Crippen LogP contribution >= 0.6 is 11.6 Å². The number of benzene rings is 2. The molecule has 3 rings (SSSR count). The molecule has 1 atom stereocenters. The highest BCUT2D eigenvalue weighted by molar-refractivity contribution is 7.92. The van der Waals surface area contributed by atoms with E-state index in [4.69, 9.17) is 11.6 Å². The van der Waals surface area contributed by atoms with Gasteiger partial charge in [0.1, 0.15) is 16.5 Å². The van der Waals surface area contributed by atoms with E-state index in [1.54, 1.807) is 0 Å². The summed E-state index contributed by atoms with van der Waals surface area (Å²) < 4.78 is 78.5. The molecule has 0 bridgehead atoms. The second kappa shape index (κ2) is 6.88. The molecule has 0 aliphatic carbocycles. The minimum absolute atomic E-state index is 0.0306. The predicted octanol–water partition coefficient (Wildman–Crippen LogP) is 2.86. The van der Waals surface area contributed by atoms with E-state index < -0.39 is 41.6 Å². The SMILES string of the molecule is O=S(=O)(c1ccc(Cl)cc1)C1CCN(S(=O)(=O)c2cc(F)ccc2F)C1. The summed E-state index contributed by atoms with van der Waals surface area (Å²) in [6.45, 7) is -0.432. The van der Waals surface area contributed by atoms with Gasteiger partial charge in [-0.05, 0) is 48.9 Å². The molecule has 2 aromatic carbocycles. The lowest BCUT2D eigenvalue weighted by molar-refractivity contribution is 0.467. The van der Waals surface area contributed by atoms with Crippen LogP contribution in [-0.4, -0.2) is 39.5 Å². The standard InChI is InChI=1S/C16H14ClF2NO4S2/c17-11-1-4-13(5-2-11)25(21,22)14-7-8-20(10-14)26(23,24)16-9-12(18)3-6-15(16)19/h1-6,9,14H,7-8,10H2. The summed E-state index contributed by atoms with van der Waals surface area (Å²) in [6, 6.07) is 7.68. The Morgan fingerprint density at radius 3 is 2.31 bits per heavy atom. The summed E-state index contributed by atoms with van der Waals surface area (Å²) in [5, 5.41) is -0.601. The van der Waals surface area contributed by atoms with Gasteiger partial charge in [0.05, 0.1) is 10.1 Å². The van der Waals surface area contributed by atoms with Crippen LogP contribution in [0.3, 0.4) is 0 Å². The summed E-state index contributed by atoms with van der Waals surface area (Å²) in [7, 11) is -8.12. The van der Waals surface area contributed by atoms with Gasteiger partial charge < -0.3 is 0 Å². The van der Waals surface area contributed by atoms with Crippen molar-refractivity contribution in [2.45, 2.75) is 21.5 Å². The predicted molar refractivity (Wildman–Crippen MR) is 92.2 cm³/mol. The Morgan fingerprint density at radius 1 is 1.00 bits per heavy atom. The zero-order valence-electron chi connectivity index (χ0n) is 13.3. The van der Waals surface area contributed by atoms with E-state index in [0.717, 1.165) is 16.4 Å². The average molecular weight is 422 g/mol. The van der Waals surface area contributed by atoms with Crippen molar-refractivity contribution in [3.05, 3.63) is 59.1 Å². The minimum atomic E-state index is -4.34. The Balaban J connectivity index is 1.88. The molecule has 1 saturated heterocycles. The van der Waals surface area contributed by atoms with Crippen molar-refractivity contribution >= 4 is 31.5 Å². The fraction of sp³-hybridized carbons (Fsp3) is 0.250. The molecule has 1 aliphatic heterocycles. The first-order chi connectivity index (χ1) is 12.1. The van der Waals surface area contributed by atoms with Gasteiger partial charge in [-0.2, -0.15) is 4.31 Å². The third-order valence-electron chi connectivity index (χ3n) is 4.20. The highest BCUT2D eigenvalue weighted by Crippen LogP contribution is 2.29. The monoisotopic (exact) mass is 421 g/mol. The van der Waals surface area contributed by atoms with Crippen molar-refractivity contribution in [3.63, 3.8) is 0 Å². The molecule has 140 valence electrons. The topological polar surface area (TPSA) is 71.5 Å². The van der Waals surface area contributed by atoms with Crippen molar-refractivity contribution in [2.75, 3.05) is 13.1 Å². The van der Waals surface area contributed by atoms with E-state index in [1.807, 2.05) is 0 Å². The molecule has 0 saturated carbocycles. The Kier molecular flexibility index (Phi) is 5.08. The number of sulfone groups is 1. The summed E-state index contributed by atoms with van der Waals surface area (Å²) in [4.78, 5) is -0.773. The lowest BCUT2D eigenvalue weighted by atomic mass is 10.3. The van der Waals surface area contributed by atoms with Gasteiger partial charge in [0.15, 0.2) is 9.84 Å². The molecule has 0 radical (unpaired) electrons. The largest absolute Gasteiger partial charge is 0.246 e. The van der Waals surface area contributed by atoms with Crippen LogP contribution in [0.1, 0.15) is 6.42 Å². The maximum absolute atomic E-state index is 13.8. The van der Waals surface area contributed by atoms with Crippen molar-refractivity contribution < 1.29 is 25.6 Å². The lowest BCUT2D eigenvalue weighted by Gasteiger charge is -2.17. The zero-order chi connectivity index (χ0) is 19.1. The second-order valence-corrected chi connectivity index (χ2v) is 10.4. The zero-order valence-corrected chi connectivity index (χ0v) is 15.7. The Labute approximate surface area is 155 Å². The van der Waals surface area contributed by atoms with Crippen LogP contribution in [0.15, 0.2) is 52.3 Å². The highest BCUT2D eigenvalue weighted by Gasteiger charge is 2.40. The maximum atomic E-state index is 13.8. The van der Waals surface area contributed by atoms with Crippen LogP contribution in [-0.2, 0) is 19.9 Å². The molecule has 1 heterocycles. The Bertz CT molecular complexity index is 1040. The summed E-state index contributed by atoms with van der Waals surface area (Å²) in [6.07, 6.45) is 0.0567. The number of sulfonamides is 1. The second-order valence-electron chi connectivity index (χ2n) is 5.85. The number of halogens is 3. The van der Waals surface area contributed by atoms with Gasteiger partial charge in [0, 0.05) is 18.1 Å². The third kappa shape index (κ3) is 3.48. The van der Waals surface area contributed by atoms with Crippen molar-refractivity contribution in [1.82, 2.24) is 4.31 Å². The van der Waals surface area contributed by atoms with E-state index in [1.165, 1.54) is 24.3 Å². The molecule has 0 amide bonds. The average Bonchev–Trinajstić information content (AvgIpc) is 3.09. The maximum Gasteiger partial charge on any atom is 0.246 e. The van der Waals surface area contributed by atoms with E-state index in [-0.39, 0.29) is 24.4 Å². The van der Waals surface area contributed by atoms with Crippen LogP contribution in [0.5, 0.6) is 0 Å². The van der Waals surface area contributed by atoms with Crippen LogP contribution < -0.4 is 0 Å². The van der Waals surface area contributed by atoms with Crippen LogP contribution in [0.2, 0.25) is 5.02 Å². The summed E-state index contributed by atoms with van der Waals surface area (Å²) in [5.41, 5.74) is 0. The number of hydrogen-bond donors (Lipinski definition) is 0. The molecule has 2 aromatic rings. The van der Waals surface area contributed by atoms with E-state index in [2.05, 4.69) is 0 Å². The van der Waals surface area contributed by atoms with Crippen molar-refractivity contribution in [1.29, 1.82) is 0 Å². The smallest absolute Gasteiger partial charge is 0.223 e. The minimum Gasteiger partial charge on any atom is -0.223 e. The normalized spacial score (nSPS) is 19.0. The first-order valence-corrected chi connectivity index (χ1v) is 10.9. The molecule has 0 spiro atoms. The van der Waals surface area contributed by atoms with E-state index in [0.29, 0.717) is 11.1 Å². The van der Waals surface area contributed by atoms with Crippen LogP contribution in [0.25, 0.3) is 0 Å². The molecule has 1 unspecified atom stereocenters. The molecule has 10 heteroatoms. The highest BCUT2D eigenvalue weighted by atomic mass is 35.5. The van der Waals surface area contributed by atoms with Gasteiger partial charge >= 0.3 is 0 Å². The van der Waals surface area contributed by atoms with Gasteiger partial charge in [-0.15, -0.1) is 0 Å². The fourth-order valence-electron chi connectivity index (χ4n) is 2.80. The number of nitrogens with zero attached hydrogens (tertiary/aromatic N) is 1. The lowest BCUT2D eigenvalue weighted by Crippen LogP contribution is -2.32. The Hall–Kier alpha value is -1.55. The molecule has 1 aliphatic rings. The molecule has 5 nitrogen and oxygen atoms in total. The van der Waals surface area contributed by atoms with E-state index >= 15 is 0 Å². The van der Waals surface area contributed by atoms with Crippen LogP contribution in [0, 0.1) is 11.6 Å². The van der Waals surface area contributed by atoms with Gasteiger partial charge in [0.25, 0.3) is 0 Å². The quantitative estimate of drug-likeness (QED) is 0.761. The first-order valence-electron chi connectivity index (χ1n) is 7.57. The molecular formula is C16H14ClF2NO4S2. The molecule has 0 N–H and O–H groups in total. The van der Waals surface area contributed by atoms with Gasteiger partial charge in [0.2, 0.25) is 10.0 Å².